The molecule has 0 bridgehead atoms. The van der Waals surface area contributed by atoms with E-state index in [1.807, 2.05) is 0 Å². The second kappa shape index (κ2) is 4.86. The van der Waals surface area contributed by atoms with Gasteiger partial charge in [0, 0.05) is 0 Å². The number of hydrogen-bond acceptors (Lipinski definition) is 6. The van der Waals surface area contributed by atoms with E-state index in [0.29, 0.717) is 0 Å². The van der Waals surface area contributed by atoms with Gasteiger partial charge in [-0.25, -0.2) is 0 Å². The molecular formula is C5H10N2O4. The third kappa shape index (κ3) is 2.69. The van der Waals surface area contributed by atoms with Gasteiger partial charge in [0.05, 0.1) is 6.61 Å². The largest absolute Gasteiger partial charge is 0.394 e. The second-order valence-corrected chi connectivity index (χ2v) is 2.19. The number of aliphatic hydroxyl groups is 2. The molecule has 2 N–H and O–H groups in total. The predicted octanol–water partition coefficient (Wildman–Crippen LogP) is -0.371. The summed E-state index contributed by atoms with van der Waals surface area (Å²) in [6.07, 6.45) is -1.30. The van der Waals surface area contributed by atoms with Crippen molar-refractivity contribution in [3.8, 4) is 0 Å². The van der Waals surface area contributed by atoms with Crippen LogP contribution in [-0.4, -0.2) is 35.0 Å². The van der Waals surface area contributed by atoms with E-state index in [1.54, 1.807) is 0 Å². The molecule has 0 fully saturated rings. The van der Waals surface area contributed by atoms with Crippen LogP contribution in [0, 0.1) is 9.81 Å². The van der Waals surface area contributed by atoms with Crippen LogP contribution in [0.1, 0.15) is 6.92 Å². The van der Waals surface area contributed by atoms with E-state index in [4.69, 9.17) is 10.2 Å². The lowest BCUT2D eigenvalue weighted by Gasteiger charge is -2.14. The fourth-order valence-corrected chi connectivity index (χ4v) is 0.588. The van der Waals surface area contributed by atoms with Gasteiger partial charge in [-0.05, 0) is 6.92 Å². The van der Waals surface area contributed by atoms with Crippen LogP contribution in [0.3, 0.4) is 0 Å². The van der Waals surface area contributed by atoms with Crippen molar-refractivity contribution in [1.82, 2.24) is 0 Å². The molecule has 0 aliphatic rings. The Kier molecular flexibility index (Phi) is 4.47. The zero-order valence-electron chi connectivity index (χ0n) is 6.04. The molecule has 6 nitrogen and oxygen atoms in total. The lowest BCUT2D eigenvalue weighted by Crippen LogP contribution is -2.35. The second-order valence-electron chi connectivity index (χ2n) is 2.19. The molecule has 0 aromatic rings. The minimum atomic E-state index is -1.30. The normalized spacial score (nSPS) is 18.5. The Balaban J connectivity index is 4.06. The van der Waals surface area contributed by atoms with E-state index in [1.165, 1.54) is 6.92 Å². The molecule has 0 amide bonds. The van der Waals surface area contributed by atoms with E-state index >= 15 is 0 Å². The lowest BCUT2D eigenvalue weighted by atomic mass is 10.1. The minimum absolute atomic E-state index is 0.579. The van der Waals surface area contributed by atoms with Crippen molar-refractivity contribution in [2.45, 2.75) is 25.1 Å². The summed E-state index contributed by atoms with van der Waals surface area (Å²) in [5.74, 6) is 0. The Morgan fingerprint density at radius 1 is 1.36 bits per heavy atom. The molecule has 0 heterocycles. The summed E-state index contributed by atoms with van der Waals surface area (Å²) in [7, 11) is 0. The van der Waals surface area contributed by atoms with Gasteiger partial charge in [-0.2, -0.15) is 9.81 Å². The zero-order valence-corrected chi connectivity index (χ0v) is 6.04. The molecule has 0 aliphatic carbocycles. The molecule has 64 valence electrons. The number of hydrogen-bond donors (Lipinski definition) is 2. The quantitative estimate of drug-likeness (QED) is 0.538. The van der Waals surface area contributed by atoms with E-state index in [9.17, 15) is 9.81 Å². The average Bonchev–Trinajstić information content (AvgIpc) is 2.05. The Hall–Kier alpha value is -0.880. The van der Waals surface area contributed by atoms with Crippen LogP contribution in [0.4, 0.5) is 0 Å². The molecule has 6 heteroatoms. The van der Waals surface area contributed by atoms with E-state index in [2.05, 4.69) is 10.4 Å². The number of rotatable bonds is 5. The molecule has 0 rings (SSSR count). The summed E-state index contributed by atoms with van der Waals surface area (Å²) in [5.41, 5.74) is 0. The van der Waals surface area contributed by atoms with Crippen LogP contribution in [0.5, 0.6) is 0 Å². The third-order valence-corrected chi connectivity index (χ3v) is 1.38. The SMILES string of the molecule is CC(N=O)C(O)C(CO)N=O. The van der Waals surface area contributed by atoms with Gasteiger partial charge in [0.2, 0.25) is 0 Å². The molecule has 11 heavy (non-hydrogen) atoms. The van der Waals surface area contributed by atoms with E-state index in [0.717, 1.165) is 0 Å². The smallest absolute Gasteiger partial charge is 0.143 e. The topological polar surface area (TPSA) is 99.3 Å². The van der Waals surface area contributed by atoms with Gasteiger partial charge < -0.3 is 10.2 Å². The first-order valence-corrected chi connectivity index (χ1v) is 3.11. The molecule has 0 radical (unpaired) electrons. The van der Waals surface area contributed by atoms with Crippen molar-refractivity contribution in [2.24, 2.45) is 10.4 Å². The monoisotopic (exact) mass is 162 g/mol. The van der Waals surface area contributed by atoms with Gasteiger partial charge in [-0.1, -0.05) is 10.4 Å². The first-order chi connectivity index (χ1) is 5.17. The maximum absolute atomic E-state index is 9.88. The Morgan fingerprint density at radius 3 is 2.18 bits per heavy atom. The summed E-state index contributed by atoms with van der Waals surface area (Å²) in [6.45, 7) is 0.760. The highest BCUT2D eigenvalue weighted by atomic mass is 16.3. The maximum Gasteiger partial charge on any atom is 0.143 e. The summed E-state index contributed by atoms with van der Waals surface area (Å²) in [4.78, 5) is 19.7. The van der Waals surface area contributed by atoms with E-state index in [-0.39, 0.29) is 0 Å². The lowest BCUT2D eigenvalue weighted by molar-refractivity contribution is 0.0922. The molecule has 0 saturated carbocycles. The molecule has 3 unspecified atom stereocenters. The highest BCUT2D eigenvalue weighted by Gasteiger charge is 2.25. The van der Waals surface area contributed by atoms with Gasteiger partial charge in [0.1, 0.15) is 18.2 Å². The molecule has 0 aliphatic heterocycles. The summed E-state index contributed by atoms with van der Waals surface area (Å²) >= 11 is 0. The van der Waals surface area contributed by atoms with Crippen molar-refractivity contribution in [3.05, 3.63) is 9.81 Å². The fraction of sp³-hybridized carbons (Fsp3) is 1.00. The molecule has 0 aromatic carbocycles. The van der Waals surface area contributed by atoms with Crippen molar-refractivity contribution < 1.29 is 10.2 Å². The van der Waals surface area contributed by atoms with Crippen molar-refractivity contribution in [1.29, 1.82) is 0 Å². The average molecular weight is 162 g/mol. The first kappa shape index (κ1) is 10.1. The molecule has 3 atom stereocenters. The van der Waals surface area contributed by atoms with Gasteiger partial charge in [0.15, 0.2) is 0 Å². The van der Waals surface area contributed by atoms with Crippen LogP contribution in [-0.2, 0) is 0 Å². The van der Waals surface area contributed by atoms with Crippen molar-refractivity contribution in [3.63, 3.8) is 0 Å². The van der Waals surface area contributed by atoms with Gasteiger partial charge in [-0.3, -0.25) is 0 Å². The van der Waals surface area contributed by atoms with Crippen LogP contribution in [0.2, 0.25) is 0 Å². The van der Waals surface area contributed by atoms with Crippen LogP contribution in [0.15, 0.2) is 10.4 Å². The Morgan fingerprint density at radius 2 is 1.91 bits per heavy atom. The third-order valence-electron chi connectivity index (χ3n) is 1.38. The minimum Gasteiger partial charge on any atom is -0.394 e. The fourth-order valence-electron chi connectivity index (χ4n) is 0.588. The van der Waals surface area contributed by atoms with Gasteiger partial charge in [0.25, 0.3) is 0 Å². The Bertz CT molecular complexity index is 140. The summed E-state index contributed by atoms with van der Waals surface area (Å²) in [6, 6.07) is -2.09. The van der Waals surface area contributed by atoms with Crippen LogP contribution in [0.25, 0.3) is 0 Å². The summed E-state index contributed by atoms with van der Waals surface area (Å²) < 4.78 is 0. The maximum atomic E-state index is 9.88. The number of nitroso groups, excluding NO2 is 2. The van der Waals surface area contributed by atoms with Crippen molar-refractivity contribution >= 4 is 0 Å². The molecule has 0 aromatic heterocycles. The zero-order chi connectivity index (χ0) is 8.85. The number of aliphatic hydroxyl groups excluding tert-OH is 2. The van der Waals surface area contributed by atoms with Crippen molar-refractivity contribution in [2.75, 3.05) is 6.61 Å². The molecular weight excluding hydrogens is 152 g/mol. The summed E-state index contributed by atoms with van der Waals surface area (Å²) in [5, 5.41) is 22.4. The van der Waals surface area contributed by atoms with Gasteiger partial charge >= 0.3 is 0 Å². The predicted molar refractivity (Wildman–Crippen MR) is 37.9 cm³/mol. The molecule has 0 spiro atoms. The van der Waals surface area contributed by atoms with Crippen LogP contribution >= 0.6 is 0 Å². The highest BCUT2D eigenvalue weighted by molar-refractivity contribution is 4.82. The van der Waals surface area contributed by atoms with Crippen LogP contribution < -0.4 is 0 Å². The number of nitrogens with zero attached hydrogens (tertiary/aromatic N) is 2. The highest BCUT2D eigenvalue weighted by Crippen LogP contribution is 2.05. The molecule has 0 saturated heterocycles. The van der Waals surface area contributed by atoms with E-state index < -0.39 is 24.8 Å². The standard InChI is InChI=1S/C5H10N2O4/c1-3(6-10)5(9)4(2-8)7-11/h3-5,8-9H,2H2,1H3. The first-order valence-electron chi connectivity index (χ1n) is 3.11. The van der Waals surface area contributed by atoms with Gasteiger partial charge in [-0.15, -0.1) is 0 Å². The Labute approximate surface area is 63.2 Å².